The molecule has 0 aromatic heterocycles. The quantitative estimate of drug-likeness (QED) is 0.751. The predicted molar refractivity (Wildman–Crippen MR) is 70.4 cm³/mol. The molecule has 1 aliphatic heterocycles. The molecule has 1 saturated heterocycles. The van der Waals surface area contributed by atoms with Crippen molar-refractivity contribution in [1.29, 1.82) is 0 Å². The minimum absolute atomic E-state index is 0.216. The molecule has 0 amide bonds. The van der Waals surface area contributed by atoms with E-state index in [0.717, 1.165) is 32.5 Å². The van der Waals surface area contributed by atoms with Gasteiger partial charge in [-0.3, -0.25) is 4.79 Å². The van der Waals surface area contributed by atoms with Crippen LogP contribution in [-0.4, -0.2) is 55.5 Å². The molecule has 0 aromatic rings. The number of carboxylic acid groups (broad SMARTS) is 1. The smallest absolute Gasteiger partial charge is 0.303 e. The number of sulfone groups is 1. The molecule has 5 nitrogen and oxygen atoms in total. The van der Waals surface area contributed by atoms with Crippen LogP contribution in [0.5, 0.6) is 0 Å². The Kier molecular flexibility index (Phi) is 6.08. The molecule has 0 unspecified atom stereocenters. The molecule has 0 spiro atoms. The van der Waals surface area contributed by atoms with Gasteiger partial charge in [0.25, 0.3) is 0 Å². The highest BCUT2D eigenvalue weighted by Gasteiger charge is 2.21. The minimum Gasteiger partial charge on any atom is -0.481 e. The van der Waals surface area contributed by atoms with Gasteiger partial charge in [0.05, 0.1) is 5.75 Å². The predicted octanol–water partition coefficient (Wildman–Crippen LogP) is 0.998. The van der Waals surface area contributed by atoms with Gasteiger partial charge >= 0.3 is 5.97 Å². The Morgan fingerprint density at radius 2 is 1.94 bits per heavy atom. The fraction of sp³-hybridized carbons (Fsp3) is 0.917. The maximum Gasteiger partial charge on any atom is 0.303 e. The van der Waals surface area contributed by atoms with Gasteiger partial charge in [-0.2, -0.15) is 0 Å². The molecule has 1 aliphatic rings. The first kappa shape index (κ1) is 15.4. The third kappa shape index (κ3) is 5.82. The van der Waals surface area contributed by atoms with E-state index in [0.29, 0.717) is 6.42 Å². The van der Waals surface area contributed by atoms with Crippen molar-refractivity contribution >= 4 is 15.8 Å². The van der Waals surface area contributed by atoms with Crippen LogP contribution in [0.2, 0.25) is 0 Å². The summed E-state index contributed by atoms with van der Waals surface area (Å²) >= 11 is 0. The van der Waals surface area contributed by atoms with Crippen molar-refractivity contribution in [2.24, 2.45) is 5.92 Å². The van der Waals surface area contributed by atoms with Gasteiger partial charge in [-0.25, -0.2) is 8.42 Å². The van der Waals surface area contributed by atoms with E-state index in [-0.39, 0.29) is 23.8 Å². The van der Waals surface area contributed by atoms with E-state index >= 15 is 0 Å². The van der Waals surface area contributed by atoms with Gasteiger partial charge in [0.2, 0.25) is 0 Å². The first-order valence-corrected chi connectivity index (χ1v) is 8.39. The summed E-state index contributed by atoms with van der Waals surface area (Å²) in [5.74, 6) is 0.0484. The molecule has 1 heterocycles. The summed E-state index contributed by atoms with van der Waals surface area (Å²) in [4.78, 5) is 12.8. The van der Waals surface area contributed by atoms with Crippen molar-refractivity contribution < 1.29 is 18.3 Å². The SMILES string of the molecule is CCS(=O)(=O)CCCN1CCC(CC(=O)O)CC1. The standard InChI is InChI=1S/C12H23NO4S/c1-2-18(16,17)9-3-6-13-7-4-11(5-8-13)10-12(14)15/h11H,2-10H2,1H3,(H,14,15). The van der Waals surface area contributed by atoms with Gasteiger partial charge in [-0.1, -0.05) is 6.92 Å². The molecule has 0 aromatic carbocycles. The van der Waals surface area contributed by atoms with Crippen LogP contribution in [0.25, 0.3) is 0 Å². The lowest BCUT2D eigenvalue weighted by Crippen LogP contribution is -2.35. The zero-order valence-electron chi connectivity index (χ0n) is 11.0. The second kappa shape index (κ2) is 7.09. The van der Waals surface area contributed by atoms with Gasteiger partial charge in [-0.05, 0) is 44.8 Å². The zero-order chi connectivity index (χ0) is 13.6. The number of nitrogens with zero attached hydrogens (tertiary/aromatic N) is 1. The molecule has 18 heavy (non-hydrogen) atoms. The first-order chi connectivity index (χ1) is 8.43. The van der Waals surface area contributed by atoms with Crippen molar-refractivity contribution in [2.75, 3.05) is 31.1 Å². The number of carboxylic acids is 1. The third-order valence-corrected chi connectivity index (χ3v) is 5.33. The Morgan fingerprint density at radius 1 is 1.33 bits per heavy atom. The summed E-state index contributed by atoms with van der Waals surface area (Å²) in [5.41, 5.74) is 0. The fourth-order valence-electron chi connectivity index (χ4n) is 2.31. The molecule has 0 aliphatic carbocycles. The molecule has 106 valence electrons. The number of aliphatic carboxylic acids is 1. The number of rotatable bonds is 7. The summed E-state index contributed by atoms with van der Waals surface area (Å²) in [6.45, 7) is 4.26. The molecule has 0 radical (unpaired) electrons. The van der Waals surface area contributed by atoms with Crippen molar-refractivity contribution in [2.45, 2.75) is 32.6 Å². The molecule has 1 N–H and O–H groups in total. The second-order valence-electron chi connectivity index (χ2n) is 4.97. The molecule has 0 saturated carbocycles. The van der Waals surface area contributed by atoms with Crippen LogP contribution in [0.3, 0.4) is 0 Å². The van der Waals surface area contributed by atoms with Crippen LogP contribution >= 0.6 is 0 Å². The maximum absolute atomic E-state index is 11.3. The normalized spacial score (nSPS) is 18.9. The molecular weight excluding hydrogens is 254 g/mol. The average molecular weight is 277 g/mol. The lowest BCUT2D eigenvalue weighted by Gasteiger charge is -2.31. The Balaban J connectivity index is 2.18. The third-order valence-electron chi connectivity index (χ3n) is 3.54. The highest BCUT2D eigenvalue weighted by atomic mass is 32.2. The van der Waals surface area contributed by atoms with E-state index in [9.17, 15) is 13.2 Å². The summed E-state index contributed by atoms with van der Waals surface area (Å²) < 4.78 is 22.7. The van der Waals surface area contributed by atoms with Gasteiger partial charge in [0, 0.05) is 12.2 Å². The van der Waals surface area contributed by atoms with Crippen molar-refractivity contribution in [1.82, 2.24) is 4.90 Å². The van der Waals surface area contributed by atoms with Gasteiger partial charge < -0.3 is 10.0 Å². The van der Waals surface area contributed by atoms with E-state index in [4.69, 9.17) is 5.11 Å². The molecule has 6 heteroatoms. The topological polar surface area (TPSA) is 74.7 Å². The van der Waals surface area contributed by atoms with Crippen LogP contribution in [0.1, 0.15) is 32.6 Å². The van der Waals surface area contributed by atoms with Gasteiger partial charge in [0.1, 0.15) is 9.84 Å². The largest absolute Gasteiger partial charge is 0.481 e. The van der Waals surface area contributed by atoms with Crippen molar-refractivity contribution in [3.05, 3.63) is 0 Å². The van der Waals surface area contributed by atoms with Crippen LogP contribution in [0, 0.1) is 5.92 Å². The number of likely N-dealkylation sites (tertiary alicyclic amines) is 1. The fourth-order valence-corrected chi connectivity index (χ4v) is 3.17. The van der Waals surface area contributed by atoms with Crippen LogP contribution < -0.4 is 0 Å². The highest BCUT2D eigenvalue weighted by Crippen LogP contribution is 2.20. The highest BCUT2D eigenvalue weighted by molar-refractivity contribution is 7.91. The summed E-state index contributed by atoms with van der Waals surface area (Å²) in [6, 6.07) is 0. The molecule has 1 fully saturated rings. The van der Waals surface area contributed by atoms with Crippen molar-refractivity contribution in [3.63, 3.8) is 0 Å². The summed E-state index contributed by atoms with van der Waals surface area (Å²) in [6.07, 6.45) is 2.76. The van der Waals surface area contributed by atoms with E-state index in [1.807, 2.05) is 0 Å². The average Bonchev–Trinajstić information content (AvgIpc) is 2.30. The summed E-state index contributed by atoms with van der Waals surface area (Å²) in [7, 11) is -2.85. The number of piperidine rings is 1. The Hall–Kier alpha value is -0.620. The van der Waals surface area contributed by atoms with E-state index < -0.39 is 15.8 Å². The Bertz CT molecular complexity index is 358. The maximum atomic E-state index is 11.3. The molecular formula is C12H23NO4S. The van der Waals surface area contributed by atoms with Crippen molar-refractivity contribution in [3.8, 4) is 0 Å². The first-order valence-electron chi connectivity index (χ1n) is 6.57. The summed E-state index contributed by atoms with van der Waals surface area (Å²) in [5, 5.41) is 8.71. The van der Waals surface area contributed by atoms with Gasteiger partial charge in [-0.15, -0.1) is 0 Å². The molecule has 1 rings (SSSR count). The molecule has 0 atom stereocenters. The number of hydrogen-bond donors (Lipinski definition) is 1. The monoisotopic (exact) mass is 277 g/mol. The number of hydrogen-bond acceptors (Lipinski definition) is 4. The zero-order valence-corrected chi connectivity index (χ0v) is 11.8. The van der Waals surface area contributed by atoms with E-state index in [1.165, 1.54) is 0 Å². The minimum atomic E-state index is -2.85. The van der Waals surface area contributed by atoms with E-state index in [1.54, 1.807) is 6.92 Å². The van der Waals surface area contributed by atoms with E-state index in [2.05, 4.69) is 4.90 Å². The van der Waals surface area contributed by atoms with Crippen LogP contribution in [-0.2, 0) is 14.6 Å². The number of carbonyl (C=O) groups is 1. The second-order valence-corrected chi connectivity index (χ2v) is 7.45. The van der Waals surface area contributed by atoms with Gasteiger partial charge in [0.15, 0.2) is 0 Å². The lowest BCUT2D eigenvalue weighted by atomic mass is 9.93. The van der Waals surface area contributed by atoms with Crippen LogP contribution in [0.4, 0.5) is 0 Å². The molecule has 0 bridgehead atoms. The Morgan fingerprint density at radius 3 is 2.44 bits per heavy atom. The van der Waals surface area contributed by atoms with Crippen LogP contribution in [0.15, 0.2) is 0 Å². The lowest BCUT2D eigenvalue weighted by molar-refractivity contribution is -0.138. The Labute approximate surface area is 109 Å².